The van der Waals surface area contributed by atoms with Crippen molar-refractivity contribution in [2.75, 3.05) is 32.7 Å². The summed E-state index contributed by atoms with van der Waals surface area (Å²) in [6.45, 7) is 8.49. The molecule has 0 bridgehead atoms. The van der Waals surface area contributed by atoms with Crippen LogP contribution in [0.4, 0.5) is 0 Å². The highest BCUT2D eigenvalue weighted by atomic mass is 16.5. The van der Waals surface area contributed by atoms with Crippen LogP contribution in [0, 0.1) is 0 Å². The van der Waals surface area contributed by atoms with Gasteiger partial charge >= 0.3 is 5.97 Å². The molecule has 1 aliphatic heterocycles. The topological polar surface area (TPSA) is 41.6 Å². The first-order chi connectivity index (χ1) is 8.72. The molecule has 1 unspecified atom stereocenters. The Hall–Kier alpha value is -0.610. The molecule has 1 fully saturated rings. The number of carbonyl (C=O) groups excluding carboxylic acids is 1. The van der Waals surface area contributed by atoms with Gasteiger partial charge in [0.1, 0.15) is 0 Å². The maximum Gasteiger partial charge on any atom is 0.320 e. The fourth-order valence-electron chi connectivity index (χ4n) is 2.23. The highest BCUT2D eigenvalue weighted by molar-refractivity contribution is 5.71. The summed E-state index contributed by atoms with van der Waals surface area (Å²) in [4.78, 5) is 13.9. The predicted octanol–water partition coefficient (Wildman–Crippen LogP) is 1.79. The Morgan fingerprint density at radius 1 is 1.28 bits per heavy atom. The first-order valence-electron chi connectivity index (χ1n) is 7.35. The van der Waals surface area contributed by atoms with E-state index < -0.39 is 0 Å². The monoisotopic (exact) mass is 256 g/mol. The van der Waals surface area contributed by atoms with Crippen LogP contribution in [0.2, 0.25) is 0 Å². The van der Waals surface area contributed by atoms with Gasteiger partial charge in [-0.1, -0.05) is 26.2 Å². The third kappa shape index (κ3) is 6.97. The Morgan fingerprint density at radius 3 is 2.67 bits per heavy atom. The number of piperazine rings is 1. The van der Waals surface area contributed by atoms with Crippen molar-refractivity contribution in [2.45, 2.75) is 52.1 Å². The van der Waals surface area contributed by atoms with Gasteiger partial charge in [0.15, 0.2) is 0 Å². The minimum Gasteiger partial charge on any atom is -0.462 e. The summed E-state index contributed by atoms with van der Waals surface area (Å²) in [5.41, 5.74) is 0. The fraction of sp³-hybridized carbons (Fsp3) is 0.929. The SMILES string of the molecule is CCCCCCC(C)OC(=O)CN1CCNCC1. The molecule has 106 valence electrons. The van der Waals surface area contributed by atoms with Gasteiger partial charge in [-0.25, -0.2) is 0 Å². The van der Waals surface area contributed by atoms with Crippen molar-refractivity contribution in [2.24, 2.45) is 0 Å². The molecule has 4 heteroatoms. The van der Waals surface area contributed by atoms with Crippen molar-refractivity contribution in [1.29, 1.82) is 0 Å². The molecule has 0 aliphatic carbocycles. The molecule has 0 aromatic rings. The zero-order valence-electron chi connectivity index (χ0n) is 11.9. The van der Waals surface area contributed by atoms with Gasteiger partial charge in [-0.05, 0) is 19.8 Å². The van der Waals surface area contributed by atoms with E-state index >= 15 is 0 Å². The summed E-state index contributed by atoms with van der Waals surface area (Å²) in [5.74, 6) is -0.0695. The fourth-order valence-corrected chi connectivity index (χ4v) is 2.23. The standard InChI is InChI=1S/C14H28N2O2/c1-3-4-5-6-7-13(2)18-14(17)12-16-10-8-15-9-11-16/h13,15H,3-12H2,1-2H3. The average Bonchev–Trinajstić information content (AvgIpc) is 2.35. The molecule has 1 heterocycles. The van der Waals surface area contributed by atoms with Crippen LogP contribution in [0.15, 0.2) is 0 Å². The van der Waals surface area contributed by atoms with E-state index in [1.165, 1.54) is 19.3 Å². The van der Waals surface area contributed by atoms with Crippen molar-refractivity contribution >= 4 is 5.97 Å². The Bertz CT molecular complexity index is 228. The van der Waals surface area contributed by atoms with Crippen molar-refractivity contribution in [3.8, 4) is 0 Å². The molecule has 18 heavy (non-hydrogen) atoms. The maximum atomic E-state index is 11.7. The number of hydrogen-bond acceptors (Lipinski definition) is 4. The van der Waals surface area contributed by atoms with Gasteiger partial charge in [0.2, 0.25) is 0 Å². The third-order valence-corrected chi connectivity index (χ3v) is 3.36. The molecule has 4 nitrogen and oxygen atoms in total. The molecule has 1 aliphatic rings. The van der Waals surface area contributed by atoms with Crippen molar-refractivity contribution in [3.05, 3.63) is 0 Å². The first-order valence-corrected chi connectivity index (χ1v) is 7.35. The van der Waals surface area contributed by atoms with Crippen LogP contribution in [0.1, 0.15) is 46.0 Å². The molecule has 1 rings (SSSR count). The number of nitrogens with zero attached hydrogens (tertiary/aromatic N) is 1. The lowest BCUT2D eigenvalue weighted by Crippen LogP contribution is -2.46. The Kier molecular flexibility index (Phi) is 8.01. The molecule has 0 spiro atoms. The molecule has 0 amide bonds. The summed E-state index contributed by atoms with van der Waals surface area (Å²) in [6, 6.07) is 0. The molecule has 0 aromatic carbocycles. The third-order valence-electron chi connectivity index (χ3n) is 3.36. The van der Waals surface area contributed by atoms with Crippen LogP contribution in [0.3, 0.4) is 0 Å². The van der Waals surface area contributed by atoms with Crippen LogP contribution in [0.5, 0.6) is 0 Å². The lowest BCUT2D eigenvalue weighted by Gasteiger charge is -2.26. The number of nitrogens with one attached hydrogen (secondary N) is 1. The van der Waals surface area contributed by atoms with Crippen molar-refractivity contribution in [1.82, 2.24) is 10.2 Å². The highest BCUT2D eigenvalue weighted by Crippen LogP contribution is 2.08. The predicted molar refractivity (Wildman–Crippen MR) is 73.6 cm³/mol. The second-order valence-corrected chi connectivity index (χ2v) is 5.18. The van der Waals surface area contributed by atoms with Gasteiger partial charge in [0, 0.05) is 26.2 Å². The van der Waals surface area contributed by atoms with Crippen LogP contribution < -0.4 is 5.32 Å². The van der Waals surface area contributed by atoms with Crippen LogP contribution in [-0.4, -0.2) is 49.7 Å². The summed E-state index contributed by atoms with van der Waals surface area (Å²) in [6.07, 6.45) is 6.00. The summed E-state index contributed by atoms with van der Waals surface area (Å²) < 4.78 is 5.43. The molecule has 1 saturated heterocycles. The summed E-state index contributed by atoms with van der Waals surface area (Å²) in [5, 5.41) is 3.27. The van der Waals surface area contributed by atoms with Crippen LogP contribution in [-0.2, 0) is 9.53 Å². The van der Waals surface area contributed by atoms with E-state index in [-0.39, 0.29) is 12.1 Å². The lowest BCUT2D eigenvalue weighted by atomic mass is 10.1. The van der Waals surface area contributed by atoms with Crippen LogP contribution in [0.25, 0.3) is 0 Å². The van der Waals surface area contributed by atoms with Gasteiger partial charge < -0.3 is 10.1 Å². The van der Waals surface area contributed by atoms with Gasteiger partial charge in [0.05, 0.1) is 12.6 Å². The first kappa shape index (κ1) is 15.4. The van der Waals surface area contributed by atoms with Gasteiger partial charge in [-0.3, -0.25) is 9.69 Å². The van der Waals surface area contributed by atoms with E-state index in [9.17, 15) is 4.79 Å². The second kappa shape index (κ2) is 9.34. The minimum absolute atomic E-state index is 0.0669. The van der Waals surface area contributed by atoms with Crippen LogP contribution >= 0.6 is 0 Å². The molecule has 0 radical (unpaired) electrons. The van der Waals surface area contributed by atoms with E-state index in [2.05, 4.69) is 17.1 Å². The molecule has 1 atom stereocenters. The van der Waals surface area contributed by atoms with E-state index in [0.29, 0.717) is 6.54 Å². The van der Waals surface area contributed by atoms with Crippen molar-refractivity contribution in [3.63, 3.8) is 0 Å². The van der Waals surface area contributed by atoms with Gasteiger partial charge in [-0.2, -0.15) is 0 Å². The molecule has 0 saturated carbocycles. The Morgan fingerprint density at radius 2 is 2.00 bits per heavy atom. The van der Waals surface area contributed by atoms with Crippen molar-refractivity contribution < 1.29 is 9.53 Å². The zero-order valence-corrected chi connectivity index (χ0v) is 11.9. The Balaban J connectivity index is 2.06. The van der Waals surface area contributed by atoms with Gasteiger partial charge in [0.25, 0.3) is 0 Å². The number of hydrogen-bond donors (Lipinski definition) is 1. The molecule has 0 aromatic heterocycles. The lowest BCUT2D eigenvalue weighted by molar-refractivity contribution is -0.150. The number of ether oxygens (including phenoxy) is 1. The smallest absolute Gasteiger partial charge is 0.320 e. The van der Waals surface area contributed by atoms with E-state index in [0.717, 1.165) is 39.0 Å². The summed E-state index contributed by atoms with van der Waals surface area (Å²) >= 11 is 0. The maximum absolute atomic E-state index is 11.7. The number of unbranched alkanes of at least 4 members (excludes halogenated alkanes) is 3. The highest BCUT2D eigenvalue weighted by Gasteiger charge is 2.16. The quantitative estimate of drug-likeness (QED) is 0.531. The Labute approximate surface area is 111 Å². The number of carbonyl (C=O) groups is 1. The van der Waals surface area contributed by atoms with E-state index in [4.69, 9.17) is 4.74 Å². The largest absolute Gasteiger partial charge is 0.462 e. The van der Waals surface area contributed by atoms with E-state index in [1.807, 2.05) is 6.92 Å². The number of esters is 1. The summed E-state index contributed by atoms with van der Waals surface area (Å²) in [7, 11) is 0. The number of rotatable bonds is 8. The molecular formula is C14H28N2O2. The second-order valence-electron chi connectivity index (χ2n) is 5.18. The molecular weight excluding hydrogens is 228 g/mol. The zero-order chi connectivity index (χ0) is 13.2. The normalized spacial score (nSPS) is 18.6. The van der Waals surface area contributed by atoms with E-state index in [1.54, 1.807) is 0 Å². The van der Waals surface area contributed by atoms with Gasteiger partial charge in [-0.15, -0.1) is 0 Å². The average molecular weight is 256 g/mol. The minimum atomic E-state index is -0.0695. The molecule has 1 N–H and O–H groups in total.